The molecule has 0 bridgehead atoms. The van der Waals surface area contributed by atoms with Crippen molar-refractivity contribution in [2.24, 2.45) is 5.92 Å². The summed E-state index contributed by atoms with van der Waals surface area (Å²) in [5.41, 5.74) is 0.930. The Hall–Kier alpha value is -1.18. The van der Waals surface area contributed by atoms with E-state index in [-0.39, 0.29) is 16.9 Å². The lowest BCUT2D eigenvalue weighted by molar-refractivity contribution is -0.117. The van der Waals surface area contributed by atoms with Gasteiger partial charge < -0.3 is 0 Å². The number of rotatable bonds is 4. The van der Waals surface area contributed by atoms with Crippen molar-refractivity contribution in [3.8, 4) is 10.6 Å². The molecule has 1 aliphatic heterocycles. The van der Waals surface area contributed by atoms with Gasteiger partial charge in [0.2, 0.25) is 5.91 Å². The minimum atomic E-state index is 0.107. The Morgan fingerprint density at radius 3 is 3.10 bits per heavy atom. The molecular formula is C14H14N2O2S3. The number of hydrogen-bond acceptors (Lipinski definition) is 6. The number of thiazole rings is 1. The molecule has 110 valence electrons. The van der Waals surface area contributed by atoms with Crippen LogP contribution in [-0.2, 0) is 9.59 Å². The summed E-state index contributed by atoms with van der Waals surface area (Å²) in [5.74, 6) is 1.05. The van der Waals surface area contributed by atoms with Crippen LogP contribution in [0.5, 0.6) is 0 Å². The summed E-state index contributed by atoms with van der Waals surface area (Å²) in [7, 11) is 0. The molecule has 1 fully saturated rings. The van der Waals surface area contributed by atoms with E-state index in [4.69, 9.17) is 0 Å². The van der Waals surface area contributed by atoms with Crippen LogP contribution in [0.4, 0.5) is 5.13 Å². The van der Waals surface area contributed by atoms with Gasteiger partial charge >= 0.3 is 0 Å². The number of carbonyl (C=O) groups is 2. The van der Waals surface area contributed by atoms with Gasteiger partial charge in [0.25, 0.3) is 0 Å². The van der Waals surface area contributed by atoms with Gasteiger partial charge in [0, 0.05) is 31.0 Å². The van der Waals surface area contributed by atoms with Crippen LogP contribution in [0.2, 0.25) is 0 Å². The Bertz CT molecular complexity index is 651. The quantitative estimate of drug-likeness (QED) is 0.856. The molecule has 2 aromatic rings. The van der Waals surface area contributed by atoms with Crippen molar-refractivity contribution >= 4 is 50.6 Å². The van der Waals surface area contributed by atoms with Crippen molar-refractivity contribution in [3.05, 3.63) is 22.9 Å². The van der Waals surface area contributed by atoms with Crippen LogP contribution in [0.25, 0.3) is 10.6 Å². The zero-order valence-electron chi connectivity index (χ0n) is 11.4. The highest BCUT2D eigenvalue weighted by Gasteiger charge is 2.32. The predicted molar refractivity (Wildman–Crippen MR) is 89.0 cm³/mol. The monoisotopic (exact) mass is 338 g/mol. The second-order valence-electron chi connectivity index (χ2n) is 4.87. The maximum Gasteiger partial charge on any atom is 0.229 e. The molecule has 0 aromatic carbocycles. The second-order valence-corrected chi connectivity index (χ2v) is 7.85. The molecule has 1 unspecified atom stereocenters. The standard InChI is InChI=1S/C14H14N2O2S3/c1-9(17)20-7-10-5-13(18)16(6-10)14-15-11(8-21-14)12-3-2-4-19-12/h2-4,8,10H,5-7H2,1H3. The molecule has 21 heavy (non-hydrogen) atoms. The molecule has 1 amide bonds. The number of carbonyl (C=O) groups excluding carboxylic acids is 2. The molecule has 0 aliphatic carbocycles. The largest absolute Gasteiger partial charge is 0.288 e. The van der Waals surface area contributed by atoms with Gasteiger partial charge in [-0.25, -0.2) is 4.98 Å². The average molecular weight is 338 g/mol. The first-order valence-corrected chi connectivity index (χ1v) is 9.31. The fourth-order valence-corrected chi connectivity index (χ4v) is 4.54. The summed E-state index contributed by atoms with van der Waals surface area (Å²) in [4.78, 5) is 30.6. The van der Waals surface area contributed by atoms with E-state index in [2.05, 4.69) is 4.98 Å². The molecule has 3 rings (SSSR count). The van der Waals surface area contributed by atoms with Crippen LogP contribution < -0.4 is 4.90 Å². The Labute approximate surface area is 135 Å². The molecule has 1 atom stereocenters. The summed E-state index contributed by atoms with van der Waals surface area (Å²) in [5, 5.41) is 4.88. The molecule has 4 nitrogen and oxygen atoms in total. The van der Waals surface area contributed by atoms with E-state index in [1.54, 1.807) is 23.2 Å². The molecule has 1 saturated heterocycles. The fourth-order valence-electron chi connectivity index (χ4n) is 2.24. The lowest BCUT2D eigenvalue weighted by Crippen LogP contribution is -2.24. The van der Waals surface area contributed by atoms with Crippen LogP contribution >= 0.6 is 34.4 Å². The van der Waals surface area contributed by atoms with Gasteiger partial charge in [-0.3, -0.25) is 14.5 Å². The second kappa shape index (κ2) is 6.29. The number of aromatic nitrogens is 1. The van der Waals surface area contributed by atoms with Gasteiger partial charge in [-0.1, -0.05) is 17.8 Å². The first-order valence-electron chi connectivity index (χ1n) is 6.56. The maximum atomic E-state index is 12.1. The van der Waals surface area contributed by atoms with Crippen molar-refractivity contribution in [2.75, 3.05) is 17.2 Å². The maximum absolute atomic E-state index is 12.1. The summed E-state index contributed by atoms with van der Waals surface area (Å²) < 4.78 is 0. The molecule has 3 heterocycles. The number of hydrogen-bond donors (Lipinski definition) is 0. The van der Waals surface area contributed by atoms with Crippen LogP contribution in [0.15, 0.2) is 22.9 Å². The summed E-state index contributed by atoms with van der Waals surface area (Å²) in [6.45, 7) is 2.23. The van der Waals surface area contributed by atoms with E-state index >= 15 is 0 Å². The van der Waals surface area contributed by atoms with Gasteiger partial charge in [-0.05, 0) is 17.4 Å². The molecular weight excluding hydrogens is 324 g/mol. The van der Waals surface area contributed by atoms with E-state index < -0.39 is 0 Å². The van der Waals surface area contributed by atoms with E-state index in [1.807, 2.05) is 22.9 Å². The topological polar surface area (TPSA) is 50.3 Å². The molecule has 0 spiro atoms. The summed E-state index contributed by atoms with van der Waals surface area (Å²) in [6, 6.07) is 4.02. The van der Waals surface area contributed by atoms with Crippen molar-refractivity contribution < 1.29 is 9.59 Å². The smallest absolute Gasteiger partial charge is 0.229 e. The minimum Gasteiger partial charge on any atom is -0.288 e. The number of anilines is 1. The number of thioether (sulfide) groups is 1. The number of amides is 1. The third-order valence-electron chi connectivity index (χ3n) is 3.22. The SMILES string of the molecule is CC(=O)SCC1CC(=O)N(c2nc(-c3cccs3)cs2)C1. The minimum absolute atomic E-state index is 0.107. The highest BCUT2D eigenvalue weighted by Crippen LogP contribution is 2.33. The highest BCUT2D eigenvalue weighted by atomic mass is 32.2. The molecule has 0 radical (unpaired) electrons. The fraction of sp³-hybridized carbons (Fsp3) is 0.357. The lowest BCUT2D eigenvalue weighted by Gasteiger charge is -2.12. The van der Waals surface area contributed by atoms with Gasteiger partial charge in [0.05, 0.1) is 10.6 Å². The normalized spacial score (nSPS) is 18.4. The molecule has 1 aliphatic rings. The number of thiophene rings is 1. The van der Waals surface area contributed by atoms with Gasteiger partial charge in [-0.15, -0.1) is 22.7 Å². The Balaban J connectivity index is 1.70. The van der Waals surface area contributed by atoms with Gasteiger partial charge in [0.1, 0.15) is 0 Å². The molecule has 0 saturated carbocycles. The van der Waals surface area contributed by atoms with E-state index in [9.17, 15) is 9.59 Å². The van der Waals surface area contributed by atoms with E-state index in [1.165, 1.54) is 23.1 Å². The zero-order valence-corrected chi connectivity index (χ0v) is 13.9. The first kappa shape index (κ1) is 14.7. The lowest BCUT2D eigenvalue weighted by atomic mass is 10.1. The third kappa shape index (κ3) is 3.36. The molecule has 7 heteroatoms. The third-order valence-corrected chi connectivity index (χ3v) is 6.02. The van der Waals surface area contributed by atoms with Gasteiger partial charge in [-0.2, -0.15) is 0 Å². The van der Waals surface area contributed by atoms with Crippen molar-refractivity contribution in [3.63, 3.8) is 0 Å². The zero-order chi connectivity index (χ0) is 14.8. The van der Waals surface area contributed by atoms with Crippen molar-refractivity contribution in [2.45, 2.75) is 13.3 Å². The van der Waals surface area contributed by atoms with Crippen LogP contribution in [-0.4, -0.2) is 28.3 Å². The summed E-state index contributed by atoms with van der Waals surface area (Å²) in [6.07, 6.45) is 0.508. The van der Waals surface area contributed by atoms with Crippen LogP contribution in [0.1, 0.15) is 13.3 Å². The van der Waals surface area contributed by atoms with E-state index in [0.717, 1.165) is 15.7 Å². The molecule has 0 N–H and O–H groups in total. The van der Waals surface area contributed by atoms with Crippen LogP contribution in [0, 0.1) is 5.92 Å². The highest BCUT2D eigenvalue weighted by molar-refractivity contribution is 8.13. The Morgan fingerprint density at radius 1 is 1.52 bits per heavy atom. The van der Waals surface area contributed by atoms with Crippen LogP contribution in [0.3, 0.4) is 0 Å². The van der Waals surface area contributed by atoms with E-state index in [0.29, 0.717) is 18.7 Å². The first-order chi connectivity index (χ1) is 10.1. The average Bonchev–Trinajstić information content (AvgIpc) is 3.16. The van der Waals surface area contributed by atoms with Gasteiger partial charge in [0.15, 0.2) is 10.2 Å². The predicted octanol–water partition coefficient (Wildman–Crippen LogP) is 3.50. The Morgan fingerprint density at radius 2 is 2.38 bits per heavy atom. The molecule has 2 aromatic heterocycles. The summed E-state index contributed by atoms with van der Waals surface area (Å²) >= 11 is 4.44. The number of nitrogens with zero attached hydrogens (tertiary/aromatic N) is 2. The van der Waals surface area contributed by atoms with Crippen molar-refractivity contribution in [1.29, 1.82) is 0 Å². The van der Waals surface area contributed by atoms with Crippen molar-refractivity contribution in [1.82, 2.24) is 4.98 Å². The Kier molecular flexibility index (Phi) is 4.42.